The van der Waals surface area contributed by atoms with Crippen molar-refractivity contribution in [3.63, 3.8) is 0 Å². The van der Waals surface area contributed by atoms with E-state index in [1.807, 2.05) is 51.1 Å². The highest BCUT2D eigenvalue weighted by Crippen LogP contribution is 2.20. The first-order valence-corrected chi connectivity index (χ1v) is 7.55. The van der Waals surface area contributed by atoms with E-state index < -0.39 is 11.9 Å². The number of esters is 2. The molecular formula is C19H20O4. The van der Waals surface area contributed by atoms with Crippen LogP contribution < -0.4 is 4.74 Å². The van der Waals surface area contributed by atoms with Crippen LogP contribution in [0.4, 0.5) is 0 Å². The number of fused-ring (bicyclic) bond motifs is 1. The predicted octanol–water partition coefficient (Wildman–Crippen LogP) is 3.89. The van der Waals surface area contributed by atoms with E-state index in [-0.39, 0.29) is 12.0 Å². The maximum absolute atomic E-state index is 11.8. The molecule has 1 unspecified atom stereocenters. The summed E-state index contributed by atoms with van der Waals surface area (Å²) in [5, 5.41) is 2.04. The van der Waals surface area contributed by atoms with Crippen LogP contribution in [0.15, 0.2) is 54.6 Å². The summed E-state index contributed by atoms with van der Waals surface area (Å²) in [7, 11) is 0. The molecule has 23 heavy (non-hydrogen) atoms. The van der Waals surface area contributed by atoms with Crippen LogP contribution in [0.5, 0.6) is 5.75 Å². The Kier molecular flexibility index (Phi) is 5.52. The van der Waals surface area contributed by atoms with Crippen molar-refractivity contribution in [2.45, 2.75) is 26.9 Å². The molecule has 0 aliphatic rings. The lowest BCUT2D eigenvalue weighted by atomic mass is 10.1. The Balaban J connectivity index is 1.95. The maximum Gasteiger partial charge on any atom is 0.336 e. The Labute approximate surface area is 135 Å². The highest BCUT2D eigenvalue weighted by Gasteiger charge is 2.11. The third-order valence-corrected chi connectivity index (χ3v) is 3.54. The lowest BCUT2D eigenvalue weighted by Crippen LogP contribution is -2.19. The summed E-state index contributed by atoms with van der Waals surface area (Å²) in [6.07, 6.45) is 1.95. The van der Waals surface area contributed by atoms with Crippen molar-refractivity contribution in [2.75, 3.05) is 0 Å². The molecule has 0 heterocycles. The summed E-state index contributed by atoms with van der Waals surface area (Å²) in [4.78, 5) is 23.3. The van der Waals surface area contributed by atoms with Crippen molar-refractivity contribution >= 4 is 22.7 Å². The smallest absolute Gasteiger partial charge is 0.336 e. The summed E-state index contributed by atoms with van der Waals surface area (Å²) < 4.78 is 10.3. The molecule has 4 nitrogen and oxygen atoms in total. The summed E-state index contributed by atoms with van der Waals surface area (Å²) in [6.45, 7) is 5.72. The Hall–Kier alpha value is -2.62. The molecular weight excluding hydrogens is 292 g/mol. The first kappa shape index (κ1) is 16.7. The molecule has 0 amide bonds. The van der Waals surface area contributed by atoms with Gasteiger partial charge in [0.25, 0.3) is 0 Å². The minimum Gasteiger partial charge on any atom is -0.459 e. The van der Waals surface area contributed by atoms with Gasteiger partial charge in [-0.15, -0.1) is 0 Å². The minimum absolute atomic E-state index is 0.205. The van der Waals surface area contributed by atoms with E-state index in [4.69, 9.17) is 9.47 Å². The van der Waals surface area contributed by atoms with Crippen LogP contribution in [0.3, 0.4) is 0 Å². The van der Waals surface area contributed by atoms with Gasteiger partial charge in [-0.05, 0) is 35.7 Å². The van der Waals surface area contributed by atoms with E-state index in [2.05, 4.69) is 0 Å². The summed E-state index contributed by atoms with van der Waals surface area (Å²) in [5.74, 6) is -0.518. The zero-order valence-corrected chi connectivity index (χ0v) is 13.5. The van der Waals surface area contributed by atoms with Gasteiger partial charge in [0, 0.05) is 12.2 Å². The molecule has 2 rings (SSSR count). The fourth-order valence-corrected chi connectivity index (χ4v) is 1.88. The average molecular weight is 312 g/mol. The van der Waals surface area contributed by atoms with Crippen molar-refractivity contribution < 1.29 is 19.1 Å². The number of benzene rings is 2. The second-order valence-corrected chi connectivity index (χ2v) is 5.65. The van der Waals surface area contributed by atoms with Crippen molar-refractivity contribution in [2.24, 2.45) is 5.92 Å². The molecule has 2 aromatic rings. The number of hydrogen-bond acceptors (Lipinski definition) is 4. The van der Waals surface area contributed by atoms with Crippen LogP contribution in [-0.4, -0.2) is 18.0 Å². The molecule has 0 aliphatic heterocycles. The Morgan fingerprint density at radius 1 is 0.913 bits per heavy atom. The largest absolute Gasteiger partial charge is 0.459 e. The first-order valence-electron chi connectivity index (χ1n) is 7.55. The number of hydrogen-bond donors (Lipinski definition) is 0. The van der Waals surface area contributed by atoms with Gasteiger partial charge in [-0.25, -0.2) is 9.59 Å². The van der Waals surface area contributed by atoms with Gasteiger partial charge in [-0.1, -0.05) is 44.2 Å². The van der Waals surface area contributed by atoms with Gasteiger partial charge >= 0.3 is 11.9 Å². The molecule has 0 aromatic heterocycles. The molecule has 0 fully saturated rings. The van der Waals surface area contributed by atoms with Crippen molar-refractivity contribution in [3.05, 3.63) is 54.6 Å². The van der Waals surface area contributed by atoms with Gasteiger partial charge in [0.05, 0.1) is 0 Å². The standard InChI is InChI=1S/C19H20O4/c1-13(2)14(3)22-18(20)10-11-19(21)23-17-9-8-15-6-4-5-7-16(15)12-17/h4-14H,1-3H3/b11-10+. The molecule has 0 aliphatic carbocycles. The van der Waals surface area contributed by atoms with Gasteiger partial charge in [-0.2, -0.15) is 0 Å². The van der Waals surface area contributed by atoms with Gasteiger partial charge in [0.1, 0.15) is 11.9 Å². The lowest BCUT2D eigenvalue weighted by molar-refractivity contribution is -0.144. The van der Waals surface area contributed by atoms with Crippen LogP contribution >= 0.6 is 0 Å². The molecule has 2 aromatic carbocycles. The van der Waals surface area contributed by atoms with Crippen LogP contribution in [0.25, 0.3) is 10.8 Å². The summed E-state index contributed by atoms with van der Waals surface area (Å²) in [5.41, 5.74) is 0. The maximum atomic E-state index is 11.8. The van der Waals surface area contributed by atoms with Gasteiger partial charge < -0.3 is 9.47 Å². The molecule has 120 valence electrons. The molecule has 1 atom stereocenters. The molecule has 4 heteroatoms. The zero-order chi connectivity index (χ0) is 16.8. The van der Waals surface area contributed by atoms with E-state index in [1.165, 1.54) is 0 Å². The third-order valence-electron chi connectivity index (χ3n) is 3.54. The highest BCUT2D eigenvalue weighted by molar-refractivity contribution is 5.93. The fourth-order valence-electron chi connectivity index (χ4n) is 1.88. The number of ether oxygens (including phenoxy) is 2. The monoisotopic (exact) mass is 312 g/mol. The van der Waals surface area contributed by atoms with Gasteiger partial charge in [0.15, 0.2) is 0 Å². The average Bonchev–Trinajstić information content (AvgIpc) is 2.52. The molecule has 0 saturated carbocycles. The topological polar surface area (TPSA) is 52.6 Å². The van der Waals surface area contributed by atoms with E-state index in [1.54, 1.807) is 12.1 Å². The lowest BCUT2D eigenvalue weighted by Gasteiger charge is -2.14. The van der Waals surface area contributed by atoms with Crippen LogP contribution in [0.1, 0.15) is 20.8 Å². The summed E-state index contributed by atoms with van der Waals surface area (Å²) in [6, 6.07) is 13.1. The molecule has 0 bridgehead atoms. The fraction of sp³-hybridized carbons (Fsp3) is 0.263. The molecule has 0 saturated heterocycles. The van der Waals surface area contributed by atoms with Crippen LogP contribution in [-0.2, 0) is 14.3 Å². The predicted molar refractivity (Wildman–Crippen MR) is 89.1 cm³/mol. The molecule has 0 N–H and O–H groups in total. The minimum atomic E-state index is -0.616. The van der Waals surface area contributed by atoms with E-state index in [0.717, 1.165) is 22.9 Å². The SMILES string of the molecule is CC(C)C(C)OC(=O)/C=C/C(=O)Oc1ccc2ccccc2c1. The van der Waals surface area contributed by atoms with E-state index in [9.17, 15) is 9.59 Å². The van der Waals surface area contributed by atoms with Crippen molar-refractivity contribution in [1.29, 1.82) is 0 Å². The molecule has 0 spiro atoms. The van der Waals surface area contributed by atoms with E-state index >= 15 is 0 Å². The second kappa shape index (κ2) is 7.58. The van der Waals surface area contributed by atoms with Crippen molar-refractivity contribution in [3.8, 4) is 5.75 Å². The quantitative estimate of drug-likeness (QED) is 0.477. The van der Waals surface area contributed by atoms with Gasteiger partial charge in [0.2, 0.25) is 0 Å². The van der Waals surface area contributed by atoms with Gasteiger partial charge in [-0.3, -0.25) is 0 Å². The normalized spacial score (nSPS) is 12.5. The Morgan fingerprint density at radius 3 is 2.26 bits per heavy atom. The number of rotatable bonds is 5. The zero-order valence-electron chi connectivity index (χ0n) is 13.5. The van der Waals surface area contributed by atoms with Crippen molar-refractivity contribution in [1.82, 2.24) is 0 Å². The number of carbonyl (C=O) groups excluding carboxylic acids is 2. The third kappa shape index (κ3) is 4.95. The summed E-state index contributed by atoms with van der Waals surface area (Å²) >= 11 is 0. The second-order valence-electron chi connectivity index (χ2n) is 5.65. The Morgan fingerprint density at radius 2 is 1.57 bits per heavy atom. The van der Waals surface area contributed by atoms with Crippen LogP contribution in [0, 0.1) is 5.92 Å². The highest BCUT2D eigenvalue weighted by atomic mass is 16.5. The van der Waals surface area contributed by atoms with Crippen LogP contribution in [0.2, 0.25) is 0 Å². The Bertz CT molecular complexity index is 731. The van der Waals surface area contributed by atoms with E-state index in [0.29, 0.717) is 5.75 Å². The first-order chi connectivity index (χ1) is 11.0. The molecule has 0 radical (unpaired) electrons. The number of carbonyl (C=O) groups is 2.